The first kappa shape index (κ1) is 35.6. The number of amides is 1. The Kier molecular flexibility index (Phi) is 10.3. The normalized spacial score (nSPS) is 13.9. The summed E-state index contributed by atoms with van der Waals surface area (Å²) in [7, 11) is 0. The SMILES string of the molecule is CC(=O)N1CCC(n2cc(-c3cnc(N)c4oc(-c5csc6cnc(F)cc56)cc34)cn2)CC1.O=C(O)C(F)(F)F.O=C(O)C(F)(F)F. The Bertz CT molecular complexity index is 1940. The number of likely N-dealkylation sites (tertiary alicyclic amines) is 1. The maximum atomic E-state index is 13.8. The number of fused-ring (bicyclic) bond motifs is 2. The zero-order chi connectivity index (χ0) is 35.6. The largest absolute Gasteiger partial charge is 0.490 e. The van der Waals surface area contributed by atoms with Crippen LogP contribution in [0.4, 0.5) is 36.6 Å². The van der Waals surface area contributed by atoms with Crippen molar-refractivity contribution in [3.63, 3.8) is 0 Å². The van der Waals surface area contributed by atoms with Crippen LogP contribution < -0.4 is 5.73 Å². The zero-order valence-corrected chi connectivity index (χ0v) is 25.2. The van der Waals surface area contributed by atoms with Crippen molar-refractivity contribution in [2.24, 2.45) is 0 Å². The number of carbonyl (C=O) groups is 3. The van der Waals surface area contributed by atoms with Crippen molar-refractivity contribution in [3.05, 3.63) is 48.2 Å². The number of aliphatic carboxylic acids is 2. The molecule has 0 saturated carbocycles. The molecule has 4 N–H and O–H groups in total. The molecule has 6 rings (SSSR count). The van der Waals surface area contributed by atoms with Crippen LogP contribution in [0.15, 0.2) is 46.7 Å². The van der Waals surface area contributed by atoms with Crippen molar-refractivity contribution < 1.29 is 59.7 Å². The number of halogens is 7. The van der Waals surface area contributed by atoms with Crippen molar-refractivity contribution in [2.45, 2.75) is 38.2 Å². The molecular formula is C28H23F7N6O6S. The molecule has 5 aromatic heterocycles. The van der Waals surface area contributed by atoms with Crippen molar-refractivity contribution in [3.8, 4) is 22.5 Å². The summed E-state index contributed by atoms with van der Waals surface area (Å²) < 4.78 is 86.2. The van der Waals surface area contributed by atoms with Crippen LogP contribution in [0, 0.1) is 5.95 Å². The molecule has 1 aliphatic heterocycles. The van der Waals surface area contributed by atoms with Gasteiger partial charge in [0.1, 0.15) is 5.76 Å². The lowest BCUT2D eigenvalue weighted by Gasteiger charge is -2.31. The number of alkyl halides is 6. The molecule has 0 aliphatic carbocycles. The van der Waals surface area contributed by atoms with Crippen LogP contribution in [0.25, 0.3) is 43.5 Å². The number of piperidine rings is 1. The third-order valence-electron chi connectivity index (χ3n) is 6.96. The summed E-state index contributed by atoms with van der Waals surface area (Å²) in [5.41, 5.74) is 9.19. The number of rotatable bonds is 3. The quantitative estimate of drug-likeness (QED) is 0.146. The number of thiophene rings is 1. The van der Waals surface area contributed by atoms with Gasteiger partial charge in [-0.2, -0.15) is 35.8 Å². The fourth-order valence-electron chi connectivity index (χ4n) is 4.63. The predicted octanol–water partition coefficient (Wildman–Crippen LogP) is 6.14. The maximum absolute atomic E-state index is 13.8. The van der Waals surface area contributed by atoms with Crippen LogP contribution in [0.3, 0.4) is 0 Å². The number of hydrogen-bond acceptors (Lipinski definition) is 9. The van der Waals surface area contributed by atoms with Gasteiger partial charge < -0.3 is 25.3 Å². The van der Waals surface area contributed by atoms with Gasteiger partial charge in [0.15, 0.2) is 11.4 Å². The number of carboxylic acids is 2. The number of carbonyl (C=O) groups excluding carboxylic acids is 1. The second-order valence-corrected chi connectivity index (χ2v) is 11.0. The highest BCUT2D eigenvalue weighted by Crippen LogP contribution is 2.40. The Morgan fingerprint density at radius 3 is 2.10 bits per heavy atom. The van der Waals surface area contributed by atoms with Crippen molar-refractivity contribution in [2.75, 3.05) is 18.8 Å². The second kappa shape index (κ2) is 13.8. The smallest absolute Gasteiger partial charge is 0.475 e. The average Bonchev–Trinajstić information content (AvgIpc) is 3.76. The number of pyridine rings is 2. The van der Waals surface area contributed by atoms with Gasteiger partial charge in [-0.3, -0.25) is 9.48 Å². The number of hydrogen-bond donors (Lipinski definition) is 3. The zero-order valence-electron chi connectivity index (χ0n) is 24.3. The molecule has 48 heavy (non-hydrogen) atoms. The van der Waals surface area contributed by atoms with Gasteiger partial charge in [0.25, 0.3) is 0 Å². The van der Waals surface area contributed by atoms with Gasteiger partial charge >= 0.3 is 24.3 Å². The molecule has 12 nitrogen and oxygen atoms in total. The van der Waals surface area contributed by atoms with E-state index >= 15 is 0 Å². The third kappa shape index (κ3) is 8.17. The predicted molar refractivity (Wildman–Crippen MR) is 156 cm³/mol. The molecule has 0 unspecified atom stereocenters. The molecule has 1 aliphatic rings. The van der Waals surface area contributed by atoms with Crippen LogP contribution in [0.5, 0.6) is 0 Å². The first-order chi connectivity index (χ1) is 22.4. The molecule has 20 heteroatoms. The molecule has 256 valence electrons. The van der Waals surface area contributed by atoms with Crippen LogP contribution in [-0.2, 0) is 14.4 Å². The minimum atomic E-state index is -5.08. The van der Waals surface area contributed by atoms with Crippen LogP contribution >= 0.6 is 11.3 Å². The van der Waals surface area contributed by atoms with E-state index in [0.29, 0.717) is 17.2 Å². The van der Waals surface area contributed by atoms with Gasteiger partial charge in [-0.1, -0.05) is 0 Å². The Balaban J connectivity index is 0.000000314. The van der Waals surface area contributed by atoms with Gasteiger partial charge in [0.05, 0.1) is 16.9 Å². The topological polar surface area (TPSA) is 178 Å². The van der Waals surface area contributed by atoms with Gasteiger partial charge in [0.2, 0.25) is 11.9 Å². The fraction of sp³-hybridized carbons (Fsp3) is 0.286. The number of nitrogen functional groups attached to an aromatic ring is 1. The highest BCUT2D eigenvalue weighted by Gasteiger charge is 2.39. The minimum Gasteiger partial charge on any atom is -0.475 e. The molecular weight excluding hydrogens is 681 g/mol. The summed E-state index contributed by atoms with van der Waals surface area (Å²) in [6.45, 7) is 3.08. The maximum Gasteiger partial charge on any atom is 0.490 e. The van der Waals surface area contributed by atoms with E-state index < -0.39 is 30.2 Å². The highest BCUT2D eigenvalue weighted by atomic mass is 32.1. The van der Waals surface area contributed by atoms with E-state index in [1.54, 1.807) is 13.1 Å². The summed E-state index contributed by atoms with van der Waals surface area (Å²) in [6, 6.07) is 3.57. The first-order valence-electron chi connectivity index (χ1n) is 13.5. The van der Waals surface area contributed by atoms with E-state index in [4.69, 9.17) is 30.0 Å². The van der Waals surface area contributed by atoms with E-state index in [9.17, 15) is 35.5 Å². The van der Waals surface area contributed by atoms with Gasteiger partial charge in [0, 0.05) is 77.5 Å². The number of nitrogens with two attached hydrogens (primary N) is 1. The molecule has 5 aromatic rings. The first-order valence-corrected chi connectivity index (χ1v) is 14.4. The summed E-state index contributed by atoms with van der Waals surface area (Å²) in [4.78, 5) is 39.4. The fourth-order valence-corrected chi connectivity index (χ4v) is 5.52. The molecule has 0 atom stereocenters. The third-order valence-corrected chi connectivity index (χ3v) is 7.90. The van der Waals surface area contributed by atoms with Gasteiger partial charge in [-0.05, 0) is 18.9 Å². The number of aromatic nitrogens is 4. The van der Waals surface area contributed by atoms with Crippen molar-refractivity contribution in [1.82, 2.24) is 24.6 Å². The number of carboxylic acid groups (broad SMARTS) is 2. The highest BCUT2D eigenvalue weighted by molar-refractivity contribution is 7.17. The van der Waals surface area contributed by atoms with Crippen LogP contribution in [0.2, 0.25) is 0 Å². The monoisotopic (exact) mass is 704 g/mol. The van der Waals surface area contributed by atoms with Crippen molar-refractivity contribution >= 4 is 56.1 Å². The van der Waals surface area contributed by atoms with E-state index in [1.165, 1.54) is 23.6 Å². The molecule has 1 fully saturated rings. The lowest BCUT2D eigenvalue weighted by atomic mass is 10.0. The molecule has 0 radical (unpaired) electrons. The van der Waals surface area contributed by atoms with Crippen molar-refractivity contribution in [1.29, 1.82) is 0 Å². The summed E-state index contributed by atoms with van der Waals surface area (Å²) in [5, 5.41) is 22.3. The van der Waals surface area contributed by atoms with E-state index in [0.717, 1.165) is 58.1 Å². The Labute approximate surface area is 268 Å². The Hall–Kier alpha value is -5.27. The van der Waals surface area contributed by atoms with Gasteiger partial charge in [-0.25, -0.2) is 19.6 Å². The number of furan rings is 1. The molecule has 6 heterocycles. The number of anilines is 1. The molecule has 0 bridgehead atoms. The van der Waals surface area contributed by atoms with E-state index in [1.807, 2.05) is 33.4 Å². The number of nitrogens with zero attached hydrogens (tertiary/aromatic N) is 5. The van der Waals surface area contributed by atoms with Gasteiger partial charge in [-0.15, -0.1) is 11.3 Å². The Morgan fingerprint density at radius 2 is 1.54 bits per heavy atom. The lowest BCUT2D eigenvalue weighted by Crippen LogP contribution is -2.37. The van der Waals surface area contributed by atoms with E-state index in [-0.39, 0.29) is 11.9 Å². The summed E-state index contributed by atoms with van der Waals surface area (Å²) in [6.07, 6.45) is -1.36. The molecule has 0 aromatic carbocycles. The second-order valence-electron chi connectivity index (χ2n) is 10.1. The molecule has 0 spiro atoms. The molecule has 1 saturated heterocycles. The standard InChI is InChI=1S/C24H21FN6O2S.2C2HF3O2/c1-13(32)30-4-2-15(3-5-30)31-11-14(8-29-31)18-9-28-24(26)23-17(18)6-20(33-23)19-12-34-21-10-27-22(25)7-16(19)21;2*3-2(4,5)1(6)7/h6-12,15H,2-5H2,1H3,(H2,26,28);2*(H,6,7). The average molecular weight is 705 g/mol. The lowest BCUT2D eigenvalue weighted by molar-refractivity contribution is -0.193. The molecule has 1 amide bonds. The van der Waals surface area contributed by atoms with Crippen LogP contribution in [-0.4, -0.2) is 78.1 Å². The van der Waals surface area contributed by atoms with Crippen LogP contribution in [0.1, 0.15) is 25.8 Å². The minimum absolute atomic E-state index is 0.114. The van der Waals surface area contributed by atoms with E-state index in [2.05, 4.69) is 15.1 Å². The Morgan fingerprint density at radius 1 is 0.938 bits per heavy atom. The summed E-state index contributed by atoms with van der Waals surface area (Å²) in [5.74, 6) is -5.05. The summed E-state index contributed by atoms with van der Waals surface area (Å²) >= 11 is 1.48.